The van der Waals surface area contributed by atoms with E-state index in [1.165, 1.54) is 11.8 Å². The summed E-state index contributed by atoms with van der Waals surface area (Å²) >= 11 is 13.3. The fourth-order valence-corrected chi connectivity index (χ4v) is 3.74. The molecule has 1 aromatic carbocycles. The fourth-order valence-electron chi connectivity index (χ4n) is 2.44. The molecule has 116 valence electrons. The number of amides is 1. The van der Waals surface area contributed by atoms with Crippen LogP contribution in [0.5, 0.6) is 0 Å². The lowest BCUT2D eigenvalue weighted by Crippen LogP contribution is -2.43. The van der Waals surface area contributed by atoms with Crippen molar-refractivity contribution in [2.75, 3.05) is 5.75 Å². The summed E-state index contributed by atoms with van der Waals surface area (Å²) in [5.41, 5.74) is 0. The van der Waals surface area contributed by atoms with Crippen LogP contribution in [-0.2, 0) is 4.79 Å². The molecule has 21 heavy (non-hydrogen) atoms. The molecule has 1 aliphatic carbocycles. The summed E-state index contributed by atoms with van der Waals surface area (Å²) in [5, 5.41) is 14.1. The van der Waals surface area contributed by atoms with Crippen molar-refractivity contribution in [1.29, 1.82) is 0 Å². The SMILES string of the molecule is O=C(CSc1cc(Cl)ccc1Cl)NC1CCCCCC1O. The van der Waals surface area contributed by atoms with Gasteiger partial charge in [-0.2, -0.15) is 0 Å². The third-order valence-corrected chi connectivity index (χ3v) is 5.31. The topological polar surface area (TPSA) is 49.3 Å². The predicted octanol–water partition coefficient (Wildman–Crippen LogP) is 3.90. The first-order chi connectivity index (χ1) is 10.1. The molecule has 0 spiro atoms. The van der Waals surface area contributed by atoms with Gasteiger partial charge in [-0.3, -0.25) is 4.79 Å². The summed E-state index contributed by atoms with van der Waals surface area (Å²) in [6.07, 6.45) is 4.37. The highest BCUT2D eigenvalue weighted by Crippen LogP contribution is 2.29. The second-order valence-electron chi connectivity index (χ2n) is 5.24. The minimum absolute atomic E-state index is 0.0815. The molecule has 1 amide bonds. The number of benzene rings is 1. The van der Waals surface area contributed by atoms with E-state index in [1.54, 1.807) is 18.2 Å². The monoisotopic (exact) mass is 347 g/mol. The van der Waals surface area contributed by atoms with E-state index in [0.29, 0.717) is 10.0 Å². The van der Waals surface area contributed by atoms with Crippen LogP contribution in [0.25, 0.3) is 0 Å². The van der Waals surface area contributed by atoms with Gasteiger partial charge in [0.05, 0.1) is 22.9 Å². The zero-order chi connectivity index (χ0) is 15.2. The second-order valence-corrected chi connectivity index (χ2v) is 7.10. The molecule has 2 unspecified atom stereocenters. The van der Waals surface area contributed by atoms with Gasteiger partial charge in [0.15, 0.2) is 0 Å². The average molecular weight is 348 g/mol. The predicted molar refractivity (Wildman–Crippen MR) is 88.2 cm³/mol. The zero-order valence-corrected chi connectivity index (χ0v) is 14.0. The van der Waals surface area contributed by atoms with Crippen LogP contribution in [0.3, 0.4) is 0 Å². The number of hydrogen-bond donors (Lipinski definition) is 2. The van der Waals surface area contributed by atoms with E-state index >= 15 is 0 Å². The lowest BCUT2D eigenvalue weighted by atomic mass is 10.1. The maximum Gasteiger partial charge on any atom is 0.230 e. The number of rotatable bonds is 4. The summed E-state index contributed by atoms with van der Waals surface area (Å²) in [6.45, 7) is 0. The van der Waals surface area contributed by atoms with E-state index in [4.69, 9.17) is 23.2 Å². The van der Waals surface area contributed by atoms with Gasteiger partial charge in [0.25, 0.3) is 0 Å². The highest BCUT2D eigenvalue weighted by Gasteiger charge is 2.23. The van der Waals surface area contributed by atoms with E-state index in [2.05, 4.69) is 5.32 Å². The molecule has 2 rings (SSSR count). The zero-order valence-electron chi connectivity index (χ0n) is 11.6. The molecule has 1 aliphatic rings. The summed E-state index contributed by atoms with van der Waals surface area (Å²) in [6, 6.07) is 5.06. The first kappa shape index (κ1) is 16.9. The summed E-state index contributed by atoms with van der Waals surface area (Å²) in [5.74, 6) is 0.186. The highest BCUT2D eigenvalue weighted by atomic mass is 35.5. The number of halogens is 2. The molecule has 0 heterocycles. The first-order valence-corrected chi connectivity index (χ1v) is 8.85. The molecule has 2 N–H and O–H groups in total. The number of aliphatic hydroxyl groups is 1. The minimum atomic E-state index is -0.434. The lowest BCUT2D eigenvalue weighted by Gasteiger charge is -2.21. The summed E-state index contributed by atoms with van der Waals surface area (Å²) < 4.78 is 0. The van der Waals surface area contributed by atoms with Crippen molar-refractivity contribution in [2.45, 2.75) is 49.1 Å². The van der Waals surface area contributed by atoms with E-state index in [9.17, 15) is 9.90 Å². The minimum Gasteiger partial charge on any atom is -0.391 e. The molecular formula is C15H19Cl2NO2S. The molecule has 6 heteroatoms. The largest absolute Gasteiger partial charge is 0.391 e. The molecule has 0 aromatic heterocycles. The Bertz CT molecular complexity index is 499. The van der Waals surface area contributed by atoms with Crippen molar-refractivity contribution in [2.24, 2.45) is 0 Å². The normalized spacial score (nSPS) is 22.6. The van der Waals surface area contributed by atoms with Gasteiger partial charge in [-0.1, -0.05) is 42.5 Å². The number of thioether (sulfide) groups is 1. The average Bonchev–Trinajstić information content (AvgIpc) is 2.65. The van der Waals surface area contributed by atoms with Gasteiger partial charge >= 0.3 is 0 Å². The van der Waals surface area contributed by atoms with Crippen molar-refractivity contribution in [3.63, 3.8) is 0 Å². The molecule has 1 fully saturated rings. The maximum atomic E-state index is 12.0. The van der Waals surface area contributed by atoms with E-state index < -0.39 is 6.10 Å². The van der Waals surface area contributed by atoms with Crippen molar-refractivity contribution in [3.05, 3.63) is 28.2 Å². The van der Waals surface area contributed by atoms with Crippen LogP contribution in [0.2, 0.25) is 10.0 Å². The van der Waals surface area contributed by atoms with Gasteiger partial charge in [0.1, 0.15) is 0 Å². The molecule has 0 aliphatic heterocycles. The Morgan fingerprint density at radius 1 is 1.29 bits per heavy atom. The quantitative estimate of drug-likeness (QED) is 0.641. The van der Waals surface area contributed by atoms with Crippen LogP contribution < -0.4 is 5.32 Å². The van der Waals surface area contributed by atoms with Crippen molar-refractivity contribution >= 4 is 40.9 Å². The summed E-state index contributed by atoms with van der Waals surface area (Å²) in [4.78, 5) is 12.8. The summed E-state index contributed by atoms with van der Waals surface area (Å²) in [7, 11) is 0. The van der Waals surface area contributed by atoms with Gasteiger partial charge in [0, 0.05) is 9.92 Å². The standard InChI is InChI=1S/C15H19Cl2NO2S/c16-10-6-7-11(17)14(8-10)21-9-15(20)18-12-4-2-1-3-5-13(12)19/h6-8,12-13,19H,1-5,9H2,(H,18,20). The molecule has 0 bridgehead atoms. The number of hydrogen-bond acceptors (Lipinski definition) is 3. The molecular weight excluding hydrogens is 329 g/mol. The molecule has 1 aromatic rings. The number of carbonyl (C=O) groups is 1. The number of nitrogens with one attached hydrogen (secondary N) is 1. The highest BCUT2D eigenvalue weighted by molar-refractivity contribution is 8.00. The van der Waals surface area contributed by atoms with Gasteiger partial charge in [-0.05, 0) is 31.0 Å². The molecule has 3 nitrogen and oxygen atoms in total. The van der Waals surface area contributed by atoms with E-state index in [-0.39, 0.29) is 17.7 Å². The molecule has 2 atom stereocenters. The third-order valence-electron chi connectivity index (χ3n) is 3.58. The Hall–Kier alpha value is -0.420. The first-order valence-electron chi connectivity index (χ1n) is 7.11. The smallest absolute Gasteiger partial charge is 0.230 e. The van der Waals surface area contributed by atoms with Gasteiger partial charge in [-0.15, -0.1) is 11.8 Å². The van der Waals surface area contributed by atoms with E-state index in [0.717, 1.165) is 37.0 Å². The van der Waals surface area contributed by atoms with Crippen molar-refractivity contribution in [1.82, 2.24) is 5.32 Å². The molecule has 0 radical (unpaired) electrons. The Labute approximate surface area is 139 Å². The Balaban J connectivity index is 1.85. The number of aliphatic hydroxyl groups excluding tert-OH is 1. The van der Waals surface area contributed by atoms with Crippen LogP contribution >= 0.6 is 35.0 Å². The van der Waals surface area contributed by atoms with Crippen molar-refractivity contribution < 1.29 is 9.90 Å². The lowest BCUT2D eigenvalue weighted by molar-refractivity contribution is -0.120. The molecule has 0 saturated heterocycles. The second kappa shape index (κ2) is 8.28. The van der Waals surface area contributed by atoms with Crippen LogP contribution in [0.15, 0.2) is 23.1 Å². The molecule has 1 saturated carbocycles. The van der Waals surface area contributed by atoms with E-state index in [1.807, 2.05) is 0 Å². The third kappa shape index (κ3) is 5.37. The van der Waals surface area contributed by atoms with Gasteiger partial charge < -0.3 is 10.4 Å². The fraction of sp³-hybridized carbons (Fsp3) is 0.533. The Kier molecular flexibility index (Phi) is 6.68. The Morgan fingerprint density at radius 3 is 2.86 bits per heavy atom. The maximum absolute atomic E-state index is 12.0. The van der Waals surface area contributed by atoms with Crippen LogP contribution in [-0.4, -0.2) is 28.9 Å². The Morgan fingerprint density at radius 2 is 2.05 bits per heavy atom. The number of carbonyl (C=O) groups excluding carboxylic acids is 1. The van der Waals surface area contributed by atoms with Crippen LogP contribution in [0.1, 0.15) is 32.1 Å². The van der Waals surface area contributed by atoms with Gasteiger partial charge in [0.2, 0.25) is 5.91 Å². The van der Waals surface area contributed by atoms with Gasteiger partial charge in [-0.25, -0.2) is 0 Å². The van der Waals surface area contributed by atoms with Crippen molar-refractivity contribution in [3.8, 4) is 0 Å². The van der Waals surface area contributed by atoms with Crippen LogP contribution in [0.4, 0.5) is 0 Å². The van der Waals surface area contributed by atoms with Crippen LogP contribution in [0, 0.1) is 0 Å².